The maximum atomic E-state index is 12.1. The Kier molecular flexibility index (Phi) is 5.45. The van der Waals surface area contributed by atoms with E-state index in [9.17, 15) is 9.59 Å². The van der Waals surface area contributed by atoms with Crippen LogP contribution in [0.25, 0.3) is 22.4 Å². The molecular weight excluding hydrogens is 452 g/mol. The van der Waals surface area contributed by atoms with Crippen molar-refractivity contribution in [3.05, 3.63) is 74.6 Å². The molecule has 0 aliphatic heterocycles. The highest BCUT2D eigenvalue weighted by atomic mass is 79.9. The minimum atomic E-state index is -0.452. The number of hydrogen-bond donors (Lipinski definition) is 0. The van der Waals surface area contributed by atoms with Gasteiger partial charge in [-0.05, 0) is 55.0 Å². The Bertz CT molecular complexity index is 1300. The Morgan fingerprint density at radius 2 is 2.03 bits per heavy atom. The molecular formula is C21H17BrN4O4. The third-order valence-corrected chi connectivity index (χ3v) is 4.75. The predicted octanol–water partition coefficient (Wildman–Crippen LogP) is 3.82. The number of halogens is 1. The second-order valence-electron chi connectivity index (χ2n) is 6.91. The Balaban J connectivity index is 1.62. The van der Waals surface area contributed by atoms with E-state index in [4.69, 9.17) is 9.15 Å². The van der Waals surface area contributed by atoms with Crippen LogP contribution in [0, 0.1) is 0 Å². The summed E-state index contributed by atoms with van der Waals surface area (Å²) in [5, 5.41) is 13.3. The first-order valence-electron chi connectivity index (χ1n) is 9.20. The Morgan fingerprint density at radius 1 is 1.20 bits per heavy atom. The fourth-order valence-electron chi connectivity index (χ4n) is 2.98. The van der Waals surface area contributed by atoms with Crippen molar-refractivity contribution in [1.29, 1.82) is 0 Å². The lowest BCUT2D eigenvalue weighted by atomic mass is 10.1. The first-order valence-corrected chi connectivity index (χ1v) is 10.00. The number of aromatic nitrogens is 4. The second kappa shape index (κ2) is 8.19. The summed E-state index contributed by atoms with van der Waals surface area (Å²) in [5.74, 6) is -0.0444. The zero-order chi connectivity index (χ0) is 21.3. The minimum absolute atomic E-state index is 0.209. The highest BCUT2D eigenvalue weighted by Crippen LogP contribution is 2.22. The zero-order valence-corrected chi connectivity index (χ0v) is 17.8. The number of tetrazole rings is 1. The average Bonchev–Trinajstić information content (AvgIpc) is 3.15. The molecule has 8 nitrogen and oxygen atoms in total. The van der Waals surface area contributed by atoms with Gasteiger partial charge in [0.1, 0.15) is 5.58 Å². The van der Waals surface area contributed by atoms with E-state index in [1.165, 1.54) is 10.9 Å². The average molecular weight is 469 g/mol. The number of rotatable bonds is 5. The van der Waals surface area contributed by atoms with Crippen molar-refractivity contribution in [2.45, 2.75) is 26.5 Å². The van der Waals surface area contributed by atoms with Crippen LogP contribution in [0.2, 0.25) is 0 Å². The van der Waals surface area contributed by atoms with Gasteiger partial charge in [-0.15, -0.1) is 10.2 Å². The molecule has 0 aliphatic rings. The summed E-state index contributed by atoms with van der Waals surface area (Å²) in [6.45, 7) is 3.83. The van der Waals surface area contributed by atoms with Crippen molar-refractivity contribution >= 4 is 32.9 Å². The van der Waals surface area contributed by atoms with Gasteiger partial charge in [0.15, 0.2) is 0 Å². The molecule has 0 saturated carbocycles. The van der Waals surface area contributed by atoms with Crippen LogP contribution in [-0.2, 0) is 11.3 Å². The molecule has 0 amide bonds. The van der Waals surface area contributed by atoms with E-state index < -0.39 is 11.6 Å². The molecule has 2 aromatic carbocycles. The number of carbonyl (C=O) groups excluding carboxylic acids is 1. The molecule has 30 heavy (non-hydrogen) atoms. The van der Waals surface area contributed by atoms with Crippen LogP contribution in [0.15, 0.2) is 62.2 Å². The predicted molar refractivity (Wildman–Crippen MR) is 113 cm³/mol. The molecule has 9 heteroatoms. The summed E-state index contributed by atoms with van der Waals surface area (Å²) < 4.78 is 11.3. The number of fused-ring (bicyclic) bond motifs is 1. The first-order chi connectivity index (χ1) is 14.4. The topological polar surface area (TPSA) is 100 Å². The molecule has 0 fully saturated rings. The molecule has 0 atom stereocenters. The summed E-state index contributed by atoms with van der Waals surface area (Å²) >= 11 is 3.37. The first kappa shape index (κ1) is 20.0. The largest absolute Gasteiger partial charge is 0.459 e. The number of ether oxygens (including phenoxy) is 1. The Morgan fingerprint density at radius 3 is 2.83 bits per heavy atom. The zero-order valence-electron chi connectivity index (χ0n) is 16.2. The van der Waals surface area contributed by atoms with Gasteiger partial charge in [0, 0.05) is 21.5 Å². The van der Waals surface area contributed by atoms with Gasteiger partial charge < -0.3 is 9.15 Å². The Hall–Kier alpha value is -3.33. The monoisotopic (exact) mass is 468 g/mol. The summed E-state index contributed by atoms with van der Waals surface area (Å²) in [6, 6.07) is 13.7. The fraction of sp³-hybridized carbons (Fsp3) is 0.190. The van der Waals surface area contributed by atoms with E-state index in [1.54, 1.807) is 44.2 Å². The van der Waals surface area contributed by atoms with Crippen LogP contribution in [-0.4, -0.2) is 32.3 Å². The van der Waals surface area contributed by atoms with Gasteiger partial charge in [-0.1, -0.05) is 28.1 Å². The van der Waals surface area contributed by atoms with Gasteiger partial charge in [0.2, 0.25) is 5.82 Å². The van der Waals surface area contributed by atoms with Gasteiger partial charge in [0.05, 0.1) is 18.2 Å². The highest BCUT2D eigenvalue weighted by Gasteiger charge is 2.14. The molecule has 152 valence electrons. The number of hydrogen-bond acceptors (Lipinski definition) is 7. The van der Waals surface area contributed by atoms with Crippen molar-refractivity contribution in [2.24, 2.45) is 0 Å². The van der Waals surface area contributed by atoms with E-state index in [1.807, 2.05) is 12.1 Å². The van der Waals surface area contributed by atoms with E-state index in [0.717, 1.165) is 9.86 Å². The van der Waals surface area contributed by atoms with Crippen molar-refractivity contribution in [2.75, 3.05) is 0 Å². The number of nitrogens with zero attached hydrogens (tertiary/aromatic N) is 4. The minimum Gasteiger partial charge on any atom is -0.459 e. The molecule has 0 N–H and O–H groups in total. The lowest BCUT2D eigenvalue weighted by molar-refractivity contribution is 0.0378. The van der Waals surface area contributed by atoms with E-state index in [-0.39, 0.29) is 12.6 Å². The van der Waals surface area contributed by atoms with Crippen LogP contribution in [0.4, 0.5) is 0 Å². The molecule has 2 aromatic heterocycles. The van der Waals surface area contributed by atoms with Gasteiger partial charge in [-0.25, -0.2) is 9.59 Å². The molecule has 4 rings (SSSR count). The third-order valence-electron chi connectivity index (χ3n) is 4.26. The quantitative estimate of drug-likeness (QED) is 0.324. The summed E-state index contributed by atoms with van der Waals surface area (Å²) in [6.07, 6.45) is -0.209. The maximum absolute atomic E-state index is 12.1. The summed E-state index contributed by atoms with van der Waals surface area (Å²) in [7, 11) is 0. The van der Waals surface area contributed by atoms with Crippen LogP contribution < -0.4 is 5.63 Å². The Labute approximate surface area is 179 Å². The maximum Gasteiger partial charge on any atom is 0.338 e. The van der Waals surface area contributed by atoms with E-state index in [2.05, 4.69) is 31.3 Å². The normalized spacial score (nSPS) is 11.2. The molecule has 0 radical (unpaired) electrons. The standard InChI is InChI=1S/C21H17BrN4O4/c1-12(2)29-21(28)14-5-3-4-13(8-14)20-23-25-26(24-20)11-15-9-19(27)30-18-10-16(22)6-7-17(15)18/h3-10,12H,11H2,1-2H3. The van der Waals surface area contributed by atoms with Gasteiger partial charge in [0.25, 0.3) is 0 Å². The molecule has 4 aromatic rings. The molecule has 0 bridgehead atoms. The number of benzene rings is 2. The summed E-state index contributed by atoms with van der Waals surface area (Å²) in [5.41, 5.74) is 1.79. The summed E-state index contributed by atoms with van der Waals surface area (Å²) in [4.78, 5) is 25.5. The van der Waals surface area contributed by atoms with Crippen LogP contribution in [0.3, 0.4) is 0 Å². The van der Waals surface area contributed by atoms with Crippen LogP contribution in [0.5, 0.6) is 0 Å². The van der Waals surface area contributed by atoms with Crippen molar-refractivity contribution in [3.63, 3.8) is 0 Å². The number of carbonyl (C=O) groups is 1. The van der Waals surface area contributed by atoms with Crippen LogP contribution in [0.1, 0.15) is 29.8 Å². The van der Waals surface area contributed by atoms with Crippen molar-refractivity contribution in [3.8, 4) is 11.4 Å². The molecule has 0 aliphatic carbocycles. The SMILES string of the molecule is CC(C)OC(=O)c1cccc(-c2nnn(Cc3cc(=O)oc4cc(Br)ccc34)n2)c1. The molecule has 0 saturated heterocycles. The van der Waals surface area contributed by atoms with Crippen molar-refractivity contribution < 1.29 is 13.9 Å². The highest BCUT2D eigenvalue weighted by molar-refractivity contribution is 9.10. The van der Waals surface area contributed by atoms with Gasteiger partial charge >= 0.3 is 11.6 Å². The van der Waals surface area contributed by atoms with E-state index in [0.29, 0.717) is 28.1 Å². The molecule has 0 unspecified atom stereocenters. The van der Waals surface area contributed by atoms with Crippen molar-refractivity contribution in [1.82, 2.24) is 20.2 Å². The molecule has 0 spiro atoms. The van der Waals surface area contributed by atoms with Crippen LogP contribution >= 0.6 is 15.9 Å². The second-order valence-corrected chi connectivity index (χ2v) is 7.83. The third kappa shape index (κ3) is 4.30. The van der Waals surface area contributed by atoms with Gasteiger partial charge in [-0.3, -0.25) is 0 Å². The van der Waals surface area contributed by atoms with Gasteiger partial charge in [-0.2, -0.15) is 4.80 Å². The number of esters is 1. The smallest absolute Gasteiger partial charge is 0.338 e. The lowest BCUT2D eigenvalue weighted by Gasteiger charge is -2.08. The fourth-order valence-corrected chi connectivity index (χ4v) is 3.32. The van der Waals surface area contributed by atoms with E-state index >= 15 is 0 Å². The molecule has 2 heterocycles. The lowest BCUT2D eigenvalue weighted by Crippen LogP contribution is -2.11.